The van der Waals surface area contributed by atoms with E-state index in [9.17, 15) is 0 Å². The lowest BCUT2D eigenvalue weighted by Gasteiger charge is -2.30. The fourth-order valence-electron chi connectivity index (χ4n) is 2.93. The van der Waals surface area contributed by atoms with Gasteiger partial charge in [-0.15, -0.1) is 12.4 Å². The highest BCUT2D eigenvalue weighted by Gasteiger charge is 2.26. The lowest BCUT2D eigenvalue weighted by molar-refractivity contribution is 0.173. The molecular formula is C19H29ClN4O2. The maximum Gasteiger partial charge on any atom is 0.267 e. The largest absolute Gasteiger partial charge is 0.481 e. The van der Waals surface area contributed by atoms with Gasteiger partial charge in [-0.25, -0.2) is 0 Å². The van der Waals surface area contributed by atoms with E-state index in [2.05, 4.69) is 60.3 Å². The van der Waals surface area contributed by atoms with Crippen LogP contribution in [0.15, 0.2) is 28.8 Å². The highest BCUT2D eigenvalue weighted by molar-refractivity contribution is 5.85. The minimum atomic E-state index is -0.288. The monoisotopic (exact) mass is 380 g/mol. The summed E-state index contributed by atoms with van der Waals surface area (Å²) in [5.74, 6) is 2.02. The van der Waals surface area contributed by atoms with Crippen LogP contribution in [0.4, 0.5) is 0 Å². The van der Waals surface area contributed by atoms with Gasteiger partial charge in [0, 0.05) is 19.6 Å². The molecule has 1 saturated heterocycles. The van der Waals surface area contributed by atoms with E-state index in [-0.39, 0.29) is 30.0 Å². The van der Waals surface area contributed by atoms with E-state index >= 15 is 0 Å². The quantitative estimate of drug-likeness (QED) is 0.875. The van der Waals surface area contributed by atoms with Crippen molar-refractivity contribution in [3.8, 4) is 5.75 Å². The van der Waals surface area contributed by atoms with Gasteiger partial charge in [-0.2, -0.15) is 4.98 Å². The summed E-state index contributed by atoms with van der Waals surface area (Å²) in [7, 11) is 2.08. The van der Waals surface area contributed by atoms with E-state index in [1.165, 1.54) is 5.56 Å². The average Bonchev–Trinajstić information content (AvgIpc) is 3.05. The van der Waals surface area contributed by atoms with E-state index in [1.807, 2.05) is 19.1 Å². The summed E-state index contributed by atoms with van der Waals surface area (Å²) in [6.45, 7) is 11.3. The molecule has 7 heteroatoms. The number of rotatable bonds is 4. The van der Waals surface area contributed by atoms with Crippen molar-refractivity contribution in [3.63, 3.8) is 0 Å². The number of nitrogens with one attached hydrogen (secondary N) is 1. The summed E-state index contributed by atoms with van der Waals surface area (Å²) in [5.41, 5.74) is 1.41. The molecule has 0 saturated carbocycles. The maximum absolute atomic E-state index is 5.97. The molecule has 2 unspecified atom stereocenters. The van der Waals surface area contributed by atoms with Crippen molar-refractivity contribution in [2.24, 2.45) is 0 Å². The lowest BCUT2D eigenvalue weighted by Crippen LogP contribution is -2.44. The summed E-state index contributed by atoms with van der Waals surface area (Å²) in [6.07, 6.45) is -0.288. The van der Waals surface area contributed by atoms with Gasteiger partial charge < -0.3 is 14.6 Å². The van der Waals surface area contributed by atoms with Crippen molar-refractivity contribution in [2.45, 2.75) is 45.3 Å². The molecule has 1 aromatic heterocycles. The molecule has 0 radical (unpaired) electrons. The number of ether oxygens (including phenoxy) is 1. The fraction of sp³-hybridized carbons (Fsp3) is 0.579. The first-order valence-electron chi connectivity index (χ1n) is 8.86. The maximum atomic E-state index is 5.97. The number of piperazine rings is 1. The van der Waals surface area contributed by atoms with Gasteiger partial charge in [0.1, 0.15) is 5.75 Å². The highest BCUT2D eigenvalue weighted by Crippen LogP contribution is 2.27. The van der Waals surface area contributed by atoms with Crippen LogP contribution in [0.3, 0.4) is 0 Å². The van der Waals surface area contributed by atoms with E-state index < -0.39 is 0 Å². The van der Waals surface area contributed by atoms with Gasteiger partial charge in [-0.3, -0.25) is 4.90 Å². The molecule has 1 aliphatic rings. The van der Waals surface area contributed by atoms with Gasteiger partial charge >= 0.3 is 0 Å². The number of nitrogens with zero attached hydrogens (tertiary/aromatic N) is 3. The second-order valence-corrected chi connectivity index (χ2v) is 7.73. The van der Waals surface area contributed by atoms with Gasteiger partial charge in [0.2, 0.25) is 0 Å². The Morgan fingerprint density at radius 3 is 2.58 bits per heavy atom. The molecule has 3 rings (SSSR count). The summed E-state index contributed by atoms with van der Waals surface area (Å²) >= 11 is 0. The summed E-state index contributed by atoms with van der Waals surface area (Å²) < 4.78 is 11.4. The minimum absolute atomic E-state index is 0. The van der Waals surface area contributed by atoms with Gasteiger partial charge in [0.25, 0.3) is 5.89 Å². The Labute approximate surface area is 161 Å². The molecule has 1 aromatic carbocycles. The van der Waals surface area contributed by atoms with Gasteiger partial charge in [-0.1, -0.05) is 38.1 Å². The zero-order valence-electron chi connectivity index (χ0n) is 16.2. The Hall–Kier alpha value is -1.63. The molecule has 2 atom stereocenters. The third-order valence-electron chi connectivity index (χ3n) is 4.65. The molecule has 1 aliphatic heterocycles. The first-order chi connectivity index (χ1) is 11.8. The Kier molecular flexibility index (Phi) is 6.66. The average molecular weight is 381 g/mol. The number of aromatic nitrogens is 2. The molecule has 0 bridgehead atoms. The Balaban J connectivity index is 0.00000243. The van der Waals surface area contributed by atoms with Crippen LogP contribution in [-0.4, -0.2) is 41.7 Å². The van der Waals surface area contributed by atoms with Crippen LogP contribution < -0.4 is 10.1 Å². The third kappa shape index (κ3) is 4.75. The summed E-state index contributed by atoms with van der Waals surface area (Å²) in [5, 5.41) is 7.52. The van der Waals surface area contributed by atoms with Crippen LogP contribution in [0.25, 0.3) is 0 Å². The van der Waals surface area contributed by atoms with Crippen LogP contribution in [-0.2, 0) is 5.41 Å². The molecule has 0 aliphatic carbocycles. The van der Waals surface area contributed by atoms with Gasteiger partial charge in [0.15, 0.2) is 11.9 Å². The van der Waals surface area contributed by atoms with Crippen LogP contribution >= 0.6 is 12.4 Å². The molecule has 26 heavy (non-hydrogen) atoms. The summed E-state index contributed by atoms with van der Waals surface area (Å²) in [6, 6.07) is 8.33. The molecule has 6 nitrogen and oxygen atoms in total. The second-order valence-electron chi connectivity index (χ2n) is 7.73. The number of hydrogen-bond acceptors (Lipinski definition) is 6. The normalized spacial score (nSPS) is 19.7. The highest BCUT2D eigenvalue weighted by atomic mass is 35.5. The predicted octanol–water partition coefficient (Wildman–Crippen LogP) is 3.51. The molecule has 0 amide bonds. The Morgan fingerprint density at radius 1 is 1.27 bits per heavy atom. The second kappa shape index (κ2) is 8.37. The van der Waals surface area contributed by atoms with E-state index in [0.717, 1.165) is 25.4 Å². The Bertz CT molecular complexity index is 696. The zero-order valence-corrected chi connectivity index (χ0v) is 17.0. The number of halogens is 1. The van der Waals surface area contributed by atoms with Crippen molar-refractivity contribution >= 4 is 12.4 Å². The number of hydrogen-bond donors (Lipinski definition) is 1. The van der Waals surface area contributed by atoms with Crippen molar-refractivity contribution < 1.29 is 9.26 Å². The van der Waals surface area contributed by atoms with Gasteiger partial charge in [-0.05, 0) is 37.1 Å². The number of likely N-dealkylation sites (N-methyl/N-ethyl adjacent to an activating group) is 1. The lowest BCUT2D eigenvalue weighted by atomic mass is 9.87. The molecule has 144 valence electrons. The molecule has 2 heterocycles. The van der Waals surface area contributed by atoms with Crippen molar-refractivity contribution in [1.29, 1.82) is 0 Å². The molecule has 1 N–H and O–H groups in total. The molecule has 0 spiro atoms. The van der Waals surface area contributed by atoms with Crippen LogP contribution in [0.1, 0.15) is 57.1 Å². The standard InChI is InChI=1S/C19H28N4O2.ClH/c1-13(24-15-8-6-14(7-9-15)19(2,3)4)18-21-17(22-25-18)16-12-20-10-11-23(16)5;/h6-9,13,16,20H,10-12H2,1-5H3;1H. The van der Waals surface area contributed by atoms with Crippen LogP contribution in [0.5, 0.6) is 5.75 Å². The minimum Gasteiger partial charge on any atom is -0.481 e. The van der Waals surface area contributed by atoms with Crippen molar-refractivity contribution in [2.75, 3.05) is 26.7 Å². The number of benzene rings is 1. The zero-order chi connectivity index (χ0) is 18.0. The van der Waals surface area contributed by atoms with Crippen LogP contribution in [0.2, 0.25) is 0 Å². The van der Waals surface area contributed by atoms with Gasteiger partial charge in [0.05, 0.1) is 6.04 Å². The van der Waals surface area contributed by atoms with Crippen molar-refractivity contribution in [3.05, 3.63) is 41.5 Å². The first-order valence-corrected chi connectivity index (χ1v) is 8.86. The molecule has 1 fully saturated rings. The third-order valence-corrected chi connectivity index (χ3v) is 4.65. The molecular weight excluding hydrogens is 352 g/mol. The van der Waals surface area contributed by atoms with E-state index in [0.29, 0.717) is 11.7 Å². The predicted molar refractivity (Wildman–Crippen MR) is 104 cm³/mol. The fourth-order valence-corrected chi connectivity index (χ4v) is 2.93. The van der Waals surface area contributed by atoms with Crippen molar-refractivity contribution in [1.82, 2.24) is 20.4 Å². The summed E-state index contributed by atoms with van der Waals surface area (Å²) in [4.78, 5) is 6.79. The first kappa shape index (κ1) is 20.7. The Morgan fingerprint density at radius 2 is 1.96 bits per heavy atom. The topological polar surface area (TPSA) is 63.4 Å². The van der Waals surface area contributed by atoms with E-state index in [1.54, 1.807) is 0 Å². The smallest absolute Gasteiger partial charge is 0.267 e. The molecule has 2 aromatic rings. The van der Waals surface area contributed by atoms with E-state index in [4.69, 9.17) is 9.26 Å². The van der Waals surface area contributed by atoms with Crippen LogP contribution in [0, 0.1) is 0 Å². The SMILES string of the molecule is CC(Oc1ccc(C(C)(C)C)cc1)c1nc(C2CNCCN2C)no1.Cl.